The maximum atomic E-state index is 11.4. The molecule has 0 saturated carbocycles. The zero-order valence-electron chi connectivity index (χ0n) is 19.6. The Bertz CT molecular complexity index is 786. The highest BCUT2D eigenvalue weighted by Crippen LogP contribution is 2.36. The van der Waals surface area contributed by atoms with Crippen molar-refractivity contribution in [3.8, 4) is 0 Å². The number of piperidine rings is 1. The number of rotatable bonds is 10. The molecule has 34 heavy (non-hydrogen) atoms. The lowest BCUT2D eigenvalue weighted by Crippen LogP contribution is -2.65. The molecule has 0 radical (unpaired) electrons. The second-order valence-corrected chi connectivity index (χ2v) is 14.2. The van der Waals surface area contributed by atoms with Gasteiger partial charge in [-0.15, -0.1) is 0 Å². The van der Waals surface area contributed by atoms with E-state index in [9.17, 15) is 43.2 Å². The minimum Gasteiger partial charge on any atom is -0.421 e. The first-order chi connectivity index (χ1) is 15.3. The van der Waals surface area contributed by atoms with Crippen LogP contribution in [-0.4, -0.2) is 88.3 Å². The summed E-state index contributed by atoms with van der Waals surface area (Å²) in [6.07, 6.45) is 8.81. The third-order valence-electron chi connectivity index (χ3n) is 5.50. The molecular weight excluding hydrogens is 538 g/mol. The van der Waals surface area contributed by atoms with Crippen LogP contribution in [0.4, 0.5) is 26.3 Å². The third kappa shape index (κ3) is 9.18. The van der Waals surface area contributed by atoms with Gasteiger partial charge in [0.15, 0.2) is 20.0 Å². The van der Waals surface area contributed by atoms with E-state index in [0.29, 0.717) is 0 Å². The summed E-state index contributed by atoms with van der Waals surface area (Å²) < 4.78 is 127. The number of quaternary nitrogens is 1. The molecule has 1 aliphatic rings. The van der Waals surface area contributed by atoms with Crippen LogP contribution in [-0.2, 0) is 33.3 Å². The summed E-state index contributed by atoms with van der Waals surface area (Å²) in [6, 6.07) is 0.737. The predicted octanol–water partition coefficient (Wildman–Crippen LogP) is 3.65. The highest BCUT2D eigenvalue weighted by Gasteiger charge is 2.50. The summed E-state index contributed by atoms with van der Waals surface area (Å²) in [4.78, 5) is 0. The van der Waals surface area contributed by atoms with Crippen molar-refractivity contribution in [2.45, 2.75) is 62.5 Å². The Labute approximate surface area is 197 Å². The van der Waals surface area contributed by atoms with E-state index in [2.05, 4.69) is 14.0 Å². The molecule has 0 N–H and O–H groups in total. The van der Waals surface area contributed by atoms with Gasteiger partial charge in [0.05, 0.1) is 19.6 Å². The van der Waals surface area contributed by atoms with Crippen molar-refractivity contribution in [3.05, 3.63) is 4.13 Å². The molecule has 1 fully saturated rings. The molecule has 2 unspecified atom stereocenters. The van der Waals surface area contributed by atoms with Crippen LogP contribution in [0.1, 0.15) is 45.4 Å². The zero-order valence-corrected chi connectivity index (χ0v) is 22.2. The van der Waals surface area contributed by atoms with Crippen LogP contribution in [0.25, 0.3) is 4.13 Å². The number of likely N-dealkylation sites (tertiary alicyclic amines) is 1. The summed E-state index contributed by atoms with van der Waals surface area (Å²) in [6.45, 7) is 3.49. The van der Waals surface area contributed by atoms with Crippen LogP contribution in [0.15, 0.2) is 0 Å². The number of alkyl halides is 6. The molecule has 0 aromatic carbocycles. The van der Waals surface area contributed by atoms with Crippen LogP contribution in [0.2, 0.25) is 0 Å². The average molecular weight is 571 g/mol. The van der Waals surface area contributed by atoms with Crippen molar-refractivity contribution in [1.82, 2.24) is 0 Å². The fraction of sp³-hybridized carbons (Fsp3) is 1.00. The highest BCUT2D eigenvalue weighted by atomic mass is 32.3. The Morgan fingerprint density at radius 1 is 0.912 bits per heavy atom. The van der Waals surface area contributed by atoms with E-state index in [0.717, 1.165) is 20.8 Å². The number of nitrogens with zero attached hydrogens (tertiary/aromatic N) is 2. The van der Waals surface area contributed by atoms with E-state index in [1.807, 2.05) is 0 Å². The number of unbranched alkanes of at least 4 members (excludes halogenated alkanes) is 1. The molecule has 0 amide bonds. The fourth-order valence-corrected chi connectivity index (χ4v) is 7.45. The first-order valence-electron chi connectivity index (χ1n) is 10.1. The maximum absolute atomic E-state index is 11.4. The van der Waals surface area contributed by atoms with Crippen molar-refractivity contribution >= 4 is 28.9 Å². The van der Waals surface area contributed by atoms with Gasteiger partial charge in [0.25, 0.3) is 0 Å². The summed E-state index contributed by atoms with van der Waals surface area (Å²) in [5.74, 6) is 0. The fourth-order valence-electron chi connectivity index (χ4n) is 3.55. The number of sulfonamides is 2. The summed E-state index contributed by atoms with van der Waals surface area (Å²) in [5.41, 5.74) is -12.4. The largest absolute Gasteiger partial charge is 0.558 e. The minimum absolute atomic E-state index is 0.737. The average Bonchev–Trinajstić information content (AvgIpc) is 2.70. The van der Waals surface area contributed by atoms with Gasteiger partial charge in [0, 0.05) is 21.3 Å². The van der Waals surface area contributed by atoms with E-state index >= 15 is 0 Å². The number of halogens is 6. The third-order valence-corrected chi connectivity index (χ3v) is 11.2. The normalized spacial score (nSPS) is 22.7. The summed E-state index contributed by atoms with van der Waals surface area (Å²) in [7, 11) is -8.41. The van der Waals surface area contributed by atoms with E-state index < -0.39 is 39.9 Å². The Morgan fingerprint density at radius 3 is 1.71 bits per heavy atom. The molecule has 1 saturated heterocycles. The van der Waals surface area contributed by atoms with E-state index in [1.165, 1.54) is 45.1 Å². The van der Waals surface area contributed by atoms with Crippen molar-refractivity contribution in [1.29, 1.82) is 0 Å². The van der Waals surface area contributed by atoms with Gasteiger partial charge in [-0.25, -0.2) is 16.8 Å². The van der Waals surface area contributed by atoms with Gasteiger partial charge in [-0.05, 0) is 32.1 Å². The van der Waals surface area contributed by atoms with Crippen molar-refractivity contribution in [3.63, 3.8) is 0 Å². The number of hydrogen-bond donors (Lipinski definition) is 0. The number of hydrogen-bond acceptors (Lipinski definition) is 7. The topological polar surface area (TPSA) is 110 Å². The minimum atomic E-state index is -6.72. The van der Waals surface area contributed by atoms with E-state index in [1.54, 1.807) is 21.3 Å². The Kier molecular flexibility index (Phi) is 12.5. The second-order valence-electron chi connectivity index (χ2n) is 7.86. The molecule has 9 nitrogen and oxygen atoms in total. The van der Waals surface area contributed by atoms with Crippen LogP contribution in [0.5, 0.6) is 0 Å². The van der Waals surface area contributed by atoms with Crippen LogP contribution in [0.3, 0.4) is 0 Å². The quantitative estimate of drug-likeness (QED) is 0.224. The van der Waals surface area contributed by atoms with Gasteiger partial charge in [-0.2, -0.15) is 26.3 Å². The highest BCUT2D eigenvalue weighted by molar-refractivity contribution is 8.13. The van der Waals surface area contributed by atoms with Gasteiger partial charge in [-0.3, -0.25) is 0 Å². The molecule has 1 heterocycles. The van der Waals surface area contributed by atoms with Crippen molar-refractivity contribution < 1.29 is 60.9 Å². The molecule has 206 valence electrons. The summed E-state index contributed by atoms with van der Waals surface area (Å²) in [5, 5.41) is 0. The molecular formula is C16H32F6N2O7S2Si. The molecule has 1 aliphatic heterocycles. The molecule has 0 aliphatic carbocycles. The Morgan fingerprint density at radius 2 is 1.35 bits per heavy atom. The van der Waals surface area contributed by atoms with E-state index in [4.69, 9.17) is 13.3 Å². The molecule has 2 atom stereocenters. The maximum Gasteiger partial charge on any atom is 0.558 e. The van der Waals surface area contributed by atoms with E-state index in [-0.39, 0.29) is 0 Å². The smallest absolute Gasteiger partial charge is 0.421 e. The van der Waals surface area contributed by atoms with Gasteiger partial charge >= 0.3 is 19.8 Å². The Balaban J connectivity index is 0.000000661. The first kappa shape index (κ1) is 33.5. The first-order valence-corrected chi connectivity index (χ1v) is 14.9. The lowest BCUT2D eigenvalue weighted by Gasteiger charge is -2.47. The standard InChI is InChI=1S/C14H32NO3Si.C2F6NO4S2/c1-6-7-10-14-11-8-9-12-15(14,2)13-19(16-3,17-4)18-5;3-1(4,5)14(10,11)9-15(12,13)2(6,7)8/h14H,6-13H2,1-5H3;/q+1;-1. The SMILES string of the molecule is CCCCC1CCCC[N+]1(C)C[Si](OC)(OC)OC.O=S(=O)([N-]S(=O)(=O)C(F)(F)F)C(F)(F)F. The predicted molar refractivity (Wildman–Crippen MR) is 113 cm³/mol. The van der Waals surface area contributed by atoms with Crippen LogP contribution < -0.4 is 0 Å². The molecule has 18 heteroatoms. The zero-order chi connectivity index (χ0) is 27.1. The Hall–Kier alpha value is -0.503. The van der Waals surface area contributed by atoms with Crippen molar-refractivity contribution in [2.24, 2.45) is 0 Å². The summed E-state index contributed by atoms with van der Waals surface area (Å²) >= 11 is 0. The van der Waals surface area contributed by atoms with Gasteiger partial charge in [0.1, 0.15) is 6.17 Å². The van der Waals surface area contributed by atoms with Crippen molar-refractivity contribution in [2.75, 3.05) is 41.1 Å². The van der Waals surface area contributed by atoms with Gasteiger partial charge < -0.3 is 21.9 Å². The van der Waals surface area contributed by atoms with Gasteiger partial charge in [-0.1, -0.05) is 13.3 Å². The molecule has 0 aromatic heterocycles. The molecule has 0 bridgehead atoms. The lowest BCUT2D eigenvalue weighted by molar-refractivity contribution is -0.931. The van der Waals surface area contributed by atoms with Crippen LogP contribution >= 0.6 is 0 Å². The molecule has 0 aromatic rings. The van der Waals surface area contributed by atoms with Gasteiger partial charge in [0.2, 0.25) is 0 Å². The molecule has 0 spiro atoms. The second kappa shape index (κ2) is 12.6. The molecule has 1 rings (SSSR count). The van der Waals surface area contributed by atoms with Crippen LogP contribution in [0, 0.1) is 0 Å². The monoisotopic (exact) mass is 570 g/mol. The lowest BCUT2D eigenvalue weighted by atomic mass is 9.96.